The number of urea groups is 1. The number of imide groups is 2. The van der Waals surface area contributed by atoms with Crippen LogP contribution >= 0.6 is 11.8 Å². The average Bonchev–Trinajstić information content (AvgIpc) is 3.08. The number of anilines is 1. The summed E-state index contributed by atoms with van der Waals surface area (Å²) in [6, 6.07) is 0.0517. The summed E-state index contributed by atoms with van der Waals surface area (Å²) in [5.41, 5.74) is -0.846. The Hall–Kier alpha value is -2.66. The molecule has 0 aliphatic carbocycles. The number of thioether (sulfide) groups is 1. The molecular formula is C19H19FN4O5S. The lowest BCUT2D eigenvalue weighted by molar-refractivity contribution is -0.153. The molecule has 1 aromatic heterocycles. The van der Waals surface area contributed by atoms with E-state index in [0.29, 0.717) is 16.0 Å². The van der Waals surface area contributed by atoms with Crippen LogP contribution in [0.4, 0.5) is 14.9 Å². The molecule has 158 valence electrons. The number of rotatable bonds is 1. The van der Waals surface area contributed by atoms with Gasteiger partial charge in [0.2, 0.25) is 17.4 Å². The first-order valence-electron chi connectivity index (χ1n) is 9.51. The van der Waals surface area contributed by atoms with Gasteiger partial charge in [-0.2, -0.15) is 0 Å². The van der Waals surface area contributed by atoms with Gasteiger partial charge in [0.15, 0.2) is 11.2 Å². The van der Waals surface area contributed by atoms with E-state index in [1.54, 1.807) is 24.1 Å². The van der Waals surface area contributed by atoms with Crippen molar-refractivity contribution in [1.29, 1.82) is 0 Å². The van der Waals surface area contributed by atoms with E-state index in [0.717, 1.165) is 0 Å². The van der Waals surface area contributed by atoms with E-state index in [1.807, 2.05) is 6.92 Å². The second-order valence-electron chi connectivity index (χ2n) is 7.90. The molecule has 2 saturated heterocycles. The number of barbiturate groups is 1. The number of nitrogens with one attached hydrogen (secondary N) is 2. The molecule has 2 aromatic rings. The van der Waals surface area contributed by atoms with Gasteiger partial charge in [-0.1, -0.05) is 5.16 Å². The largest absolute Gasteiger partial charge is 0.372 e. The molecule has 0 unspecified atom stereocenters. The normalized spacial score (nSPS) is 27.7. The highest BCUT2D eigenvalue weighted by Gasteiger charge is 2.63. The third-order valence-electron chi connectivity index (χ3n) is 6.13. The van der Waals surface area contributed by atoms with Crippen LogP contribution in [0.3, 0.4) is 0 Å². The van der Waals surface area contributed by atoms with Crippen LogP contribution in [0.2, 0.25) is 0 Å². The smallest absolute Gasteiger partial charge is 0.328 e. The molecule has 2 N–H and O–H groups in total. The Morgan fingerprint density at radius 1 is 1.27 bits per heavy atom. The molecule has 0 saturated carbocycles. The molecule has 4 amide bonds. The van der Waals surface area contributed by atoms with Gasteiger partial charge in [-0.15, -0.1) is 11.8 Å². The lowest BCUT2D eigenvalue weighted by Gasteiger charge is -2.55. The van der Waals surface area contributed by atoms with Crippen LogP contribution < -0.4 is 15.5 Å². The van der Waals surface area contributed by atoms with Crippen LogP contribution in [0.15, 0.2) is 15.6 Å². The first-order valence-corrected chi connectivity index (χ1v) is 10.7. The fourth-order valence-corrected chi connectivity index (χ4v) is 5.56. The monoisotopic (exact) mass is 434 g/mol. The molecule has 0 radical (unpaired) electrons. The number of carbonyl (C=O) groups excluding carboxylic acids is 3. The summed E-state index contributed by atoms with van der Waals surface area (Å²) in [5, 5.41) is 9.35. The van der Waals surface area contributed by atoms with Gasteiger partial charge in [0.05, 0.1) is 29.3 Å². The second kappa shape index (κ2) is 6.42. The lowest BCUT2D eigenvalue weighted by Crippen LogP contribution is -2.75. The Morgan fingerprint density at radius 3 is 2.63 bits per heavy atom. The predicted octanol–water partition coefficient (Wildman–Crippen LogP) is 1.58. The van der Waals surface area contributed by atoms with Crippen LogP contribution in [-0.4, -0.2) is 54.1 Å². The summed E-state index contributed by atoms with van der Waals surface area (Å²) in [7, 11) is 0. The molecular weight excluding hydrogens is 415 g/mol. The van der Waals surface area contributed by atoms with Gasteiger partial charge in [0, 0.05) is 13.0 Å². The summed E-state index contributed by atoms with van der Waals surface area (Å²) in [5.74, 6) is -2.00. The Morgan fingerprint density at radius 2 is 1.97 bits per heavy atom. The zero-order chi connectivity index (χ0) is 21.4. The van der Waals surface area contributed by atoms with Gasteiger partial charge in [0.1, 0.15) is 5.03 Å². The minimum atomic E-state index is -1.64. The summed E-state index contributed by atoms with van der Waals surface area (Å²) >= 11 is 1.31. The number of hydrogen-bond donors (Lipinski definition) is 2. The second-order valence-corrected chi connectivity index (χ2v) is 8.70. The van der Waals surface area contributed by atoms with Crippen molar-refractivity contribution < 1.29 is 28.0 Å². The third kappa shape index (κ3) is 2.38. The van der Waals surface area contributed by atoms with Crippen molar-refractivity contribution in [2.45, 2.75) is 43.5 Å². The van der Waals surface area contributed by atoms with E-state index >= 15 is 4.39 Å². The molecule has 3 aliphatic heterocycles. The first-order chi connectivity index (χ1) is 14.3. The molecule has 11 heteroatoms. The van der Waals surface area contributed by atoms with Crippen LogP contribution in [0.5, 0.6) is 0 Å². The van der Waals surface area contributed by atoms with E-state index in [-0.39, 0.29) is 30.3 Å². The number of fused-ring (bicyclic) bond motifs is 5. The van der Waals surface area contributed by atoms with Crippen molar-refractivity contribution in [2.24, 2.45) is 5.41 Å². The zero-order valence-electron chi connectivity index (χ0n) is 16.4. The van der Waals surface area contributed by atoms with Crippen molar-refractivity contribution in [3.05, 3.63) is 17.4 Å². The maximum atomic E-state index is 15.7. The fraction of sp³-hybridized carbons (Fsp3) is 0.474. The minimum Gasteiger partial charge on any atom is -0.372 e. The van der Waals surface area contributed by atoms with Crippen molar-refractivity contribution in [3.63, 3.8) is 0 Å². The minimum absolute atomic E-state index is 0.0346. The van der Waals surface area contributed by atoms with E-state index in [4.69, 9.17) is 9.26 Å². The molecule has 4 heterocycles. The van der Waals surface area contributed by atoms with Gasteiger partial charge in [0.25, 0.3) is 0 Å². The Kier molecular flexibility index (Phi) is 4.13. The first kappa shape index (κ1) is 19.3. The van der Waals surface area contributed by atoms with Crippen molar-refractivity contribution in [1.82, 2.24) is 15.8 Å². The Bertz CT molecular complexity index is 1100. The lowest BCUT2D eigenvalue weighted by atomic mass is 9.66. The quantitative estimate of drug-likeness (QED) is 0.514. The topological polar surface area (TPSA) is 114 Å². The molecule has 5 rings (SSSR count). The summed E-state index contributed by atoms with van der Waals surface area (Å²) < 4.78 is 26.8. The number of hydrogen-bond acceptors (Lipinski definition) is 8. The molecule has 3 atom stereocenters. The maximum absolute atomic E-state index is 15.7. The van der Waals surface area contributed by atoms with Gasteiger partial charge in [-0.3, -0.25) is 20.2 Å². The number of benzene rings is 1. The van der Waals surface area contributed by atoms with Gasteiger partial charge in [-0.05, 0) is 31.7 Å². The number of amides is 4. The number of ether oxygens (including phenoxy) is 1. The maximum Gasteiger partial charge on any atom is 0.328 e. The fourth-order valence-electron chi connectivity index (χ4n) is 5.07. The van der Waals surface area contributed by atoms with E-state index < -0.39 is 41.2 Å². The average molecular weight is 434 g/mol. The highest BCUT2D eigenvalue weighted by Crippen LogP contribution is 2.49. The van der Waals surface area contributed by atoms with E-state index in [1.165, 1.54) is 11.8 Å². The van der Waals surface area contributed by atoms with Crippen molar-refractivity contribution >= 4 is 46.3 Å². The number of morpholine rings is 1. The highest BCUT2D eigenvalue weighted by atomic mass is 32.2. The van der Waals surface area contributed by atoms with Crippen LogP contribution in [-0.2, 0) is 20.7 Å². The third-order valence-corrected chi connectivity index (χ3v) is 6.81. The van der Waals surface area contributed by atoms with Crippen LogP contribution in [0.1, 0.15) is 19.4 Å². The van der Waals surface area contributed by atoms with E-state index in [9.17, 15) is 14.4 Å². The molecule has 30 heavy (non-hydrogen) atoms. The van der Waals surface area contributed by atoms with Gasteiger partial charge < -0.3 is 14.2 Å². The number of nitrogens with zero attached hydrogens (tertiary/aromatic N) is 2. The van der Waals surface area contributed by atoms with Crippen molar-refractivity contribution in [2.75, 3.05) is 17.7 Å². The standard InChI is InChI=1S/C19H19FN4O5S/c1-7-6-24-12-9(4-10-13(11(12)20)29-23-15(10)30-3)5-19(14(24)8(2)28-7)16(25)21-18(27)22-17(19)26/h4,7-8,14H,5-6H2,1-3H3,(H2,21,22,25,26,27)/t7-,8+,14-/m0/s1. The van der Waals surface area contributed by atoms with Gasteiger partial charge in [-0.25, -0.2) is 9.18 Å². The summed E-state index contributed by atoms with van der Waals surface area (Å²) in [6.45, 7) is 3.85. The number of carbonyl (C=O) groups is 3. The zero-order valence-corrected chi connectivity index (χ0v) is 17.3. The Balaban J connectivity index is 1.79. The molecule has 1 aromatic carbocycles. The molecule has 0 bridgehead atoms. The molecule has 9 nitrogen and oxygen atoms in total. The molecule has 2 fully saturated rings. The Labute approximate surface area is 174 Å². The van der Waals surface area contributed by atoms with Crippen LogP contribution in [0, 0.1) is 11.2 Å². The predicted molar refractivity (Wildman–Crippen MR) is 105 cm³/mol. The van der Waals surface area contributed by atoms with Crippen molar-refractivity contribution in [3.8, 4) is 0 Å². The number of halogens is 1. The highest BCUT2D eigenvalue weighted by molar-refractivity contribution is 7.98. The van der Waals surface area contributed by atoms with Gasteiger partial charge >= 0.3 is 6.03 Å². The molecule has 1 spiro atoms. The van der Waals surface area contributed by atoms with Crippen LogP contribution in [0.25, 0.3) is 11.0 Å². The number of aromatic nitrogens is 1. The SMILES string of the molecule is CSc1noc2c(F)c3c(cc12)CC1(C(=O)NC(=O)NC1=O)[C@@H]1[C@@H](C)O[C@@H](C)CN31. The summed E-state index contributed by atoms with van der Waals surface area (Å²) in [4.78, 5) is 39.6. The summed E-state index contributed by atoms with van der Waals surface area (Å²) in [6.07, 6.45) is 0.883. The van der Waals surface area contributed by atoms with E-state index in [2.05, 4.69) is 15.8 Å². The molecule has 3 aliphatic rings.